The van der Waals surface area contributed by atoms with Crippen LogP contribution in [0.1, 0.15) is 43.6 Å². The van der Waals surface area contributed by atoms with Gasteiger partial charge in [-0.2, -0.15) is 13.2 Å². The van der Waals surface area contributed by atoms with Gasteiger partial charge in [0.15, 0.2) is 12.6 Å². The Hall–Kier alpha value is -3.51. The number of hydrogen-bond donors (Lipinski definition) is 2. The molecule has 13 heteroatoms. The summed E-state index contributed by atoms with van der Waals surface area (Å²) in [4.78, 5) is 41.5. The molecule has 1 aliphatic heterocycles. The molecule has 1 aliphatic rings. The molecule has 0 aromatic heterocycles. The highest BCUT2D eigenvalue weighted by atomic mass is 35.5. The third kappa shape index (κ3) is 8.25. The summed E-state index contributed by atoms with van der Waals surface area (Å²) in [7, 11) is 0. The summed E-state index contributed by atoms with van der Waals surface area (Å²) in [5.74, 6) is -1.93. The number of halogens is 4. The van der Waals surface area contributed by atoms with Gasteiger partial charge in [0, 0.05) is 24.8 Å². The van der Waals surface area contributed by atoms with Crippen LogP contribution in [-0.2, 0) is 16.1 Å². The van der Waals surface area contributed by atoms with Gasteiger partial charge in [0.2, 0.25) is 0 Å². The Balaban J connectivity index is 1.84. The molecule has 0 aliphatic carbocycles. The van der Waals surface area contributed by atoms with E-state index in [0.29, 0.717) is 11.3 Å². The zero-order chi connectivity index (χ0) is 29.8. The normalized spacial score (nSPS) is 16.6. The molecule has 218 valence electrons. The molecule has 0 spiro atoms. The maximum atomic E-state index is 13.6. The number of carboxylic acids is 1. The van der Waals surface area contributed by atoms with Gasteiger partial charge in [-0.25, -0.2) is 9.59 Å². The number of carbonyl (C=O) groups excluding carboxylic acids is 2. The van der Waals surface area contributed by atoms with Gasteiger partial charge in [0.25, 0.3) is 5.91 Å². The minimum atomic E-state index is -4.53. The van der Waals surface area contributed by atoms with E-state index in [4.69, 9.17) is 21.1 Å². The molecule has 2 atom stereocenters. The van der Waals surface area contributed by atoms with Gasteiger partial charge in [0.05, 0.1) is 22.8 Å². The molecule has 0 saturated carbocycles. The number of nitrogens with one attached hydrogen (secondary N) is 1. The summed E-state index contributed by atoms with van der Waals surface area (Å²) in [6.07, 6.45) is -4.53. The lowest BCUT2D eigenvalue weighted by Crippen LogP contribution is -2.53. The van der Waals surface area contributed by atoms with Crippen LogP contribution >= 0.6 is 11.6 Å². The van der Waals surface area contributed by atoms with Crippen molar-refractivity contribution in [1.29, 1.82) is 0 Å². The lowest BCUT2D eigenvalue weighted by Gasteiger charge is -2.31. The summed E-state index contributed by atoms with van der Waals surface area (Å²) in [6.45, 7) is 5.38. The van der Waals surface area contributed by atoms with Crippen LogP contribution in [0.25, 0.3) is 0 Å². The first kappa shape index (κ1) is 31.0. The van der Waals surface area contributed by atoms with Crippen LogP contribution in [0.5, 0.6) is 5.75 Å². The van der Waals surface area contributed by atoms with Gasteiger partial charge in [-0.15, -0.1) is 0 Å². The van der Waals surface area contributed by atoms with Crippen molar-refractivity contribution >= 4 is 35.2 Å². The van der Waals surface area contributed by atoms with Crippen LogP contribution in [-0.4, -0.2) is 71.5 Å². The van der Waals surface area contributed by atoms with Gasteiger partial charge >= 0.3 is 18.2 Å². The molecule has 2 aromatic carbocycles. The lowest BCUT2D eigenvalue weighted by molar-refractivity contribution is -0.153. The number of hydrogen-bond acceptors (Lipinski definition) is 5. The maximum absolute atomic E-state index is 13.6. The van der Waals surface area contributed by atoms with Crippen molar-refractivity contribution in [1.82, 2.24) is 10.2 Å². The Morgan fingerprint density at radius 2 is 1.82 bits per heavy atom. The van der Waals surface area contributed by atoms with Crippen molar-refractivity contribution in [3.05, 3.63) is 58.6 Å². The first-order valence-corrected chi connectivity index (χ1v) is 12.8. The summed E-state index contributed by atoms with van der Waals surface area (Å²) < 4.78 is 47.8. The first-order valence-electron chi connectivity index (χ1n) is 12.4. The van der Waals surface area contributed by atoms with Crippen molar-refractivity contribution < 1.29 is 42.1 Å². The number of benzene rings is 2. The van der Waals surface area contributed by atoms with E-state index in [9.17, 15) is 32.7 Å². The number of carbonyl (C=O) groups is 3. The van der Waals surface area contributed by atoms with E-state index in [2.05, 4.69) is 5.32 Å². The smallest absolute Gasteiger partial charge is 0.422 e. The molecule has 0 unspecified atom stereocenters. The number of anilines is 1. The number of alkyl halides is 3. The third-order valence-corrected chi connectivity index (χ3v) is 6.27. The fourth-order valence-electron chi connectivity index (χ4n) is 3.98. The second kappa shape index (κ2) is 12.3. The molecule has 0 bridgehead atoms. The maximum Gasteiger partial charge on any atom is 0.422 e. The molecule has 9 nitrogen and oxygen atoms in total. The fourth-order valence-corrected chi connectivity index (χ4v) is 4.23. The van der Waals surface area contributed by atoms with Crippen LogP contribution in [0.2, 0.25) is 5.02 Å². The van der Waals surface area contributed by atoms with E-state index in [1.54, 1.807) is 52.0 Å². The highest BCUT2D eigenvalue weighted by Gasteiger charge is 2.34. The molecule has 40 heavy (non-hydrogen) atoms. The number of urea groups is 1. The Bertz CT molecular complexity index is 1250. The number of nitrogens with zero attached hydrogens (tertiary/aromatic N) is 2. The van der Waals surface area contributed by atoms with Gasteiger partial charge < -0.3 is 29.7 Å². The molecular weight excluding hydrogens is 555 g/mol. The van der Waals surface area contributed by atoms with Crippen molar-refractivity contribution in [2.45, 2.75) is 58.1 Å². The second-order valence-corrected chi connectivity index (χ2v) is 10.7. The number of aliphatic carboxylic acids is 1. The van der Waals surface area contributed by atoms with E-state index >= 15 is 0 Å². The standard InChI is InChI=1S/C27H31ClF3N3O6/c1-16-12-34(23(35)19-10-9-18(11-20(19)28)39-15-27(29,30)31)22-8-6-5-7-17(22)13-33(16)25(38)32-21(24(36)37)14-40-26(2,3)4/h5-11,16,21H,12-15H2,1-4H3,(H,32,38)(H,36,37)/t16-,21+/m1/s1. The van der Waals surface area contributed by atoms with Crippen molar-refractivity contribution in [3.8, 4) is 5.75 Å². The van der Waals surface area contributed by atoms with E-state index in [0.717, 1.165) is 6.07 Å². The number of para-hydroxylation sites is 1. The number of ether oxygens (including phenoxy) is 2. The van der Waals surface area contributed by atoms with Crippen LogP contribution in [0.3, 0.4) is 0 Å². The molecule has 2 N–H and O–H groups in total. The second-order valence-electron chi connectivity index (χ2n) is 10.3. The summed E-state index contributed by atoms with van der Waals surface area (Å²) in [5, 5.41) is 12.0. The average molecular weight is 586 g/mol. The highest BCUT2D eigenvalue weighted by Crippen LogP contribution is 2.31. The third-order valence-electron chi connectivity index (χ3n) is 5.96. The zero-order valence-electron chi connectivity index (χ0n) is 22.4. The van der Waals surface area contributed by atoms with Crippen molar-refractivity contribution in [2.75, 3.05) is 24.7 Å². The fraction of sp³-hybridized carbons (Fsp3) is 0.444. The van der Waals surface area contributed by atoms with Gasteiger partial charge in [-0.1, -0.05) is 29.8 Å². The van der Waals surface area contributed by atoms with Gasteiger partial charge in [-0.3, -0.25) is 4.79 Å². The molecule has 1 heterocycles. The van der Waals surface area contributed by atoms with E-state index < -0.39 is 48.4 Å². The highest BCUT2D eigenvalue weighted by molar-refractivity contribution is 6.34. The molecule has 0 saturated heterocycles. The minimum Gasteiger partial charge on any atom is -0.484 e. The average Bonchev–Trinajstić information content (AvgIpc) is 3.00. The van der Waals surface area contributed by atoms with E-state index in [1.807, 2.05) is 0 Å². The Labute approximate surface area is 234 Å². The monoisotopic (exact) mass is 585 g/mol. The summed E-state index contributed by atoms with van der Waals surface area (Å²) in [5.41, 5.74) is 0.549. The van der Waals surface area contributed by atoms with Crippen LogP contribution < -0.4 is 15.0 Å². The van der Waals surface area contributed by atoms with Gasteiger partial charge in [0.1, 0.15) is 5.75 Å². The van der Waals surface area contributed by atoms with E-state index in [-0.39, 0.29) is 36.0 Å². The quantitative estimate of drug-likeness (QED) is 0.467. The SMILES string of the molecule is C[C@@H]1CN(C(=O)c2ccc(OCC(F)(F)F)cc2Cl)c2ccccc2CN1C(=O)N[C@@H](COC(C)(C)C)C(=O)O. The van der Waals surface area contributed by atoms with Crippen LogP contribution in [0, 0.1) is 0 Å². The number of rotatable bonds is 7. The molecule has 0 fully saturated rings. The number of amides is 3. The number of fused-ring (bicyclic) bond motifs is 1. The van der Waals surface area contributed by atoms with Crippen molar-refractivity contribution in [2.24, 2.45) is 0 Å². The predicted octanol–water partition coefficient (Wildman–Crippen LogP) is 5.11. The minimum absolute atomic E-state index is 0.0299. The molecule has 2 aromatic rings. The predicted molar refractivity (Wildman–Crippen MR) is 142 cm³/mol. The van der Waals surface area contributed by atoms with Crippen molar-refractivity contribution in [3.63, 3.8) is 0 Å². The molecule has 0 radical (unpaired) electrons. The summed E-state index contributed by atoms with van der Waals surface area (Å²) >= 11 is 6.27. The lowest BCUT2D eigenvalue weighted by atomic mass is 10.1. The molecule has 3 amide bonds. The zero-order valence-corrected chi connectivity index (χ0v) is 23.2. The van der Waals surface area contributed by atoms with Gasteiger partial charge in [-0.05, 0) is 57.5 Å². The molecular formula is C27H31ClF3N3O6. The van der Waals surface area contributed by atoms with Crippen LogP contribution in [0.15, 0.2) is 42.5 Å². The first-order chi connectivity index (χ1) is 18.6. The Morgan fingerprint density at radius 1 is 1.15 bits per heavy atom. The van der Waals surface area contributed by atoms with E-state index in [1.165, 1.54) is 21.9 Å². The topological polar surface area (TPSA) is 108 Å². The molecule has 3 rings (SSSR count). The summed E-state index contributed by atoms with van der Waals surface area (Å²) in [6, 6.07) is 8.03. The largest absolute Gasteiger partial charge is 0.484 e. The Morgan fingerprint density at radius 3 is 2.42 bits per heavy atom. The van der Waals surface area contributed by atoms with Crippen LogP contribution in [0.4, 0.5) is 23.7 Å². The Kier molecular flexibility index (Phi) is 9.57. The number of carboxylic acid groups (broad SMARTS) is 1.